The van der Waals surface area contributed by atoms with Crippen LogP contribution in [0.2, 0.25) is 0 Å². The number of hydrogen-bond acceptors (Lipinski definition) is 20. The molecule has 0 bridgehead atoms. The second kappa shape index (κ2) is 34.4. The Bertz CT molecular complexity index is 2570. The molecule has 2 heterocycles. The van der Waals surface area contributed by atoms with Crippen LogP contribution < -0.4 is 53.6 Å². The molecule has 35 nitrogen and oxygen atoms in total. The Labute approximate surface area is 469 Å². The smallest absolute Gasteiger partial charge is 0.326 e. The number of nitrogens with zero attached hydrogens (tertiary/aromatic N) is 2. The summed E-state index contributed by atoms with van der Waals surface area (Å²) in [5.41, 5.74) is 6.13. The van der Waals surface area contributed by atoms with Crippen molar-refractivity contribution in [2.75, 3.05) is 12.0 Å². The fraction of sp³-hybridized carbons (Fsp3) is 0.565. The summed E-state index contributed by atoms with van der Waals surface area (Å²) >= 11 is 1.28. The van der Waals surface area contributed by atoms with E-state index in [1.807, 2.05) is 10.6 Å². The largest absolute Gasteiger partial charge is 0.481 e. The van der Waals surface area contributed by atoms with Crippen LogP contribution in [0.5, 0.6) is 0 Å². The molecule has 0 aliphatic heterocycles. The number of imidazole rings is 2. The Morgan fingerprint density at radius 2 is 0.854 bits per heavy atom. The van der Waals surface area contributed by atoms with Crippen molar-refractivity contribution < 1.29 is 103 Å². The number of aliphatic hydroxyl groups is 2. The molecule has 82 heavy (non-hydrogen) atoms. The zero-order chi connectivity index (χ0) is 62.0. The molecule has 0 aliphatic rings. The number of carboxylic acid groups (broad SMARTS) is 5. The lowest BCUT2D eigenvalue weighted by Gasteiger charge is -2.28. The van der Waals surface area contributed by atoms with Crippen LogP contribution in [0.15, 0.2) is 25.0 Å². The van der Waals surface area contributed by atoms with Crippen LogP contribution in [0.4, 0.5) is 0 Å². The Kier molecular flexibility index (Phi) is 29.1. The predicted octanol–water partition coefficient (Wildman–Crippen LogP) is -7.09. The molecule has 36 heteroatoms. The SMILES string of the molecule is CSCC[C@H](NC(=O)[C@@H](N)[C@@H](C)O)C(=O)N[C@@H](CC(=O)O)C(=O)N[C@@H](Cc1cnc[nH]1)C(=O)N[C@@H](Cc1cnc[nH]1)C(=O)N[C@@H](CCC(=O)O)C(=O)N[C@@H](C)C(=O)N[C@H](C(=O)N[C@@H](CC(=O)O)C(=O)N[C@@H](CCC(=O)O)C(=O)O)[C@@H](C)O. The molecular weight excluding hydrogens is 1120 g/mol. The highest BCUT2D eigenvalue weighted by Gasteiger charge is 2.37. The molecule has 0 aliphatic carbocycles. The van der Waals surface area contributed by atoms with E-state index >= 15 is 0 Å². The van der Waals surface area contributed by atoms with Crippen molar-refractivity contribution in [3.8, 4) is 0 Å². The Morgan fingerprint density at radius 3 is 1.26 bits per heavy atom. The van der Waals surface area contributed by atoms with Gasteiger partial charge in [-0.2, -0.15) is 11.8 Å². The van der Waals surface area contributed by atoms with Gasteiger partial charge >= 0.3 is 29.8 Å². The number of thioether (sulfide) groups is 1. The van der Waals surface area contributed by atoms with Crippen LogP contribution in [-0.2, 0) is 80.0 Å². The average Bonchev–Trinajstić information content (AvgIpc) is 4.13. The van der Waals surface area contributed by atoms with Crippen molar-refractivity contribution >= 4 is 94.8 Å². The van der Waals surface area contributed by atoms with Gasteiger partial charge in [0.25, 0.3) is 0 Å². The number of amides is 9. The van der Waals surface area contributed by atoms with Gasteiger partial charge < -0.3 is 99.3 Å². The highest BCUT2D eigenvalue weighted by atomic mass is 32.2. The topological polar surface area (TPSA) is 572 Å². The minimum absolute atomic E-state index is 0.0406. The molecule has 0 aromatic carbocycles. The van der Waals surface area contributed by atoms with Gasteiger partial charge in [-0.15, -0.1) is 0 Å². The van der Waals surface area contributed by atoms with Gasteiger partial charge in [-0.05, 0) is 52.0 Å². The maximum absolute atomic E-state index is 14.3. The standard InChI is InChI=1S/C46H68N14O21S/c1-19(37(71)60-36(21(3)62)45(79)59-30(14-34(69)70)42(76)55-26(46(80)81)6-8-32(65)66)52-38(72)24(5-7-31(63)64)53-40(74)27(11-22-15-48-17-50-22)56-41(75)28(12-23-16-49-18-51-23)57-43(77)29(13-33(67)68)58-39(73)25(9-10-82-4)54-44(78)35(47)20(2)61/h15-21,24-30,35-36,61-62H,5-14,47H2,1-4H3,(H,48,50)(H,49,51)(H,52,72)(H,53,74)(H,54,78)(H,55,76)(H,56,75)(H,57,77)(H,58,73)(H,59,79)(H,60,71)(H,63,64)(H,65,66)(H,67,68)(H,69,70)(H,80,81)/t19-,20+,21+,24-,25-,26-,27-,28-,29-,30-,35-,36-/m0/s1. The number of carboxylic acids is 5. The molecule has 0 spiro atoms. The zero-order valence-electron chi connectivity index (χ0n) is 44.5. The van der Waals surface area contributed by atoms with E-state index in [0.29, 0.717) is 0 Å². The molecule has 0 radical (unpaired) electrons. The first-order valence-electron chi connectivity index (χ1n) is 24.8. The maximum Gasteiger partial charge on any atom is 0.326 e. The Morgan fingerprint density at radius 1 is 0.476 bits per heavy atom. The summed E-state index contributed by atoms with van der Waals surface area (Å²) < 4.78 is 0. The zero-order valence-corrected chi connectivity index (χ0v) is 45.4. The van der Waals surface area contributed by atoms with Crippen LogP contribution >= 0.6 is 11.8 Å². The minimum atomic E-state index is -2.05. The quantitative estimate of drug-likeness (QED) is 0.0297. The Balaban J connectivity index is 2.43. The summed E-state index contributed by atoms with van der Waals surface area (Å²) in [4.78, 5) is 194. The number of aromatic nitrogens is 4. The fourth-order valence-electron chi connectivity index (χ4n) is 7.16. The van der Waals surface area contributed by atoms with Crippen molar-refractivity contribution in [1.82, 2.24) is 67.8 Å². The third-order valence-corrected chi connectivity index (χ3v) is 12.3. The third-order valence-electron chi connectivity index (χ3n) is 11.7. The molecule has 454 valence electrons. The van der Waals surface area contributed by atoms with E-state index in [9.17, 15) is 97.8 Å². The van der Waals surface area contributed by atoms with Crippen LogP contribution in [0, 0.1) is 0 Å². The van der Waals surface area contributed by atoms with Gasteiger partial charge in [0.15, 0.2) is 0 Å². The van der Waals surface area contributed by atoms with E-state index < -0.39 is 207 Å². The fourth-order valence-corrected chi connectivity index (χ4v) is 7.63. The molecule has 2 rings (SSSR count). The van der Waals surface area contributed by atoms with Crippen LogP contribution in [0.25, 0.3) is 0 Å². The maximum atomic E-state index is 14.3. The monoisotopic (exact) mass is 1180 g/mol. The number of rotatable bonds is 38. The second-order valence-electron chi connectivity index (χ2n) is 18.4. The summed E-state index contributed by atoms with van der Waals surface area (Å²) in [5, 5.41) is 87.3. The number of aliphatic carboxylic acids is 5. The van der Waals surface area contributed by atoms with Gasteiger partial charge in [0.2, 0.25) is 53.2 Å². The molecule has 12 atom stereocenters. The highest BCUT2D eigenvalue weighted by Crippen LogP contribution is 2.10. The van der Waals surface area contributed by atoms with Crippen molar-refractivity contribution in [3.05, 3.63) is 36.4 Å². The number of aromatic amines is 2. The van der Waals surface area contributed by atoms with E-state index in [1.165, 1.54) is 43.7 Å². The van der Waals surface area contributed by atoms with E-state index in [2.05, 4.69) is 57.2 Å². The van der Waals surface area contributed by atoms with E-state index in [4.69, 9.17) is 10.8 Å². The number of H-pyrrole nitrogens is 2. The summed E-state index contributed by atoms with van der Waals surface area (Å²) in [6.45, 7) is 3.26. The number of hydrogen-bond donors (Lipinski definition) is 19. The molecule has 0 unspecified atom stereocenters. The molecule has 0 fully saturated rings. The number of nitrogens with two attached hydrogens (primary N) is 1. The van der Waals surface area contributed by atoms with Crippen LogP contribution in [0.3, 0.4) is 0 Å². The van der Waals surface area contributed by atoms with Crippen LogP contribution in [-0.4, -0.2) is 223 Å². The summed E-state index contributed by atoms with van der Waals surface area (Å²) in [6, 6.07) is -17.6. The lowest BCUT2D eigenvalue weighted by atomic mass is 10.0. The van der Waals surface area contributed by atoms with Gasteiger partial charge in [0.1, 0.15) is 60.4 Å². The first kappa shape index (κ1) is 69.3. The number of carbonyl (C=O) groups is 14. The van der Waals surface area contributed by atoms with E-state index in [0.717, 1.165) is 13.8 Å². The van der Waals surface area contributed by atoms with Crippen molar-refractivity contribution in [2.24, 2.45) is 5.73 Å². The first-order valence-corrected chi connectivity index (χ1v) is 26.2. The van der Waals surface area contributed by atoms with E-state index in [-0.39, 0.29) is 23.6 Å². The summed E-state index contributed by atoms with van der Waals surface area (Å²) in [6.07, 6.45) is -2.46. The molecule has 2 aromatic rings. The van der Waals surface area contributed by atoms with Gasteiger partial charge in [-0.1, -0.05) is 0 Å². The molecular formula is C46H68N14O21S. The number of nitrogens with one attached hydrogen (secondary N) is 11. The normalized spacial score (nSPS) is 15.4. The van der Waals surface area contributed by atoms with Crippen LogP contribution in [0.1, 0.15) is 77.1 Å². The van der Waals surface area contributed by atoms with Crippen molar-refractivity contribution in [2.45, 2.75) is 151 Å². The summed E-state index contributed by atoms with van der Waals surface area (Å²) in [7, 11) is 0. The summed E-state index contributed by atoms with van der Waals surface area (Å²) in [5.74, 6) is -18.4. The second-order valence-corrected chi connectivity index (χ2v) is 19.4. The van der Waals surface area contributed by atoms with Crippen molar-refractivity contribution in [1.29, 1.82) is 0 Å². The minimum Gasteiger partial charge on any atom is -0.481 e. The van der Waals surface area contributed by atoms with Gasteiger partial charge in [0.05, 0.1) is 37.7 Å². The predicted molar refractivity (Wildman–Crippen MR) is 278 cm³/mol. The molecule has 20 N–H and O–H groups in total. The third kappa shape index (κ3) is 24.7. The lowest BCUT2D eigenvalue weighted by molar-refractivity contribution is -0.144. The van der Waals surface area contributed by atoms with Gasteiger partial charge in [-0.25, -0.2) is 14.8 Å². The Hall–Kier alpha value is -8.77. The van der Waals surface area contributed by atoms with E-state index in [1.54, 1.807) is 6.26 Å². The lowest BCUT2D eigenvalue weighted by Crippen LogP contribution is -2.61. The van der Waals surface area contributed by atoms with Gasteiger partial charge in [0, 0.05) is 49.5 Å². The molecule has 0 saturated heterocycles. The molecule has 2 aromatic heterocycles. The number of aliphatic hydroxyl groups excluding tert-OH is 2. The molecule has 0 saturated carbocycles. The highest BCUT2D eigenvalue weighted by molar-refractivity contribution is 7.98. The number of carbonyl (C=O) groups excluding carboxylic acids is 9. The van der Waals surface area contributed by atoms with Gasteiger partial charge in [-0.3, -0.25) is 62.3 Å². The average molecular weight is 1190 g/mol. The molecule has 9 amide bonds. The van der Waals surface area contributed by atoms with Crippen molar-refractivity contribution in [3.63, 3.8) is 0 Å². The first-order chi connectivity index (χ1) is 38.4.